The maximum atomic E-state index is 13.4. The van der Waals surface area contributed by atoms with Crippen molar-refractivity contribution in [2.75, 3.05) is 18.5 Å². The number of aromatic nitrogens is 6. The predicted octanol–water partition coefficient (Wildman–Crippen LogP) is 4.94. The maximum Gasteiger partial charge on any atom is 0.269 e. The van der Waals surface area contributed by atoms with Gasteiger partial charge in [-0.2, -0.15) is 15.0 Å². The van der Waals surface area contributed by atoms with E-state index in [9.17, 15) is 4.79 Å². The molecule has 14 heteroatoms. The molecule has 0 aliphatic carbocycles. The molecule has 4 aromatic heterocycles. The van der Waals surface area contributed by atoms with E-state index in [0.717, 1.165) is 0 Å². The topological polar surface area (TPSA) is 150 Å². The molecule has 4 heterocycles. The Kier molecular flexibility index (Phi) is 9.52. The number of nitriles is 1. The van der Waals surface area contributed by atoms with Crippen molar-refractivity contribution in [3.8, 4) is 17.8 Å². The van der Waals surface area contributed by atoms with Crippen LogP contribution in [0.4, 0.5) is 5.82 Å². The molecule has 0 aromatic carbocycles. The first-order valence-corrected chi connectivity index (χ1v) is 16.6. The van der Waals surface area contributed by atoms with Gasteiger partial charge >= 0.3 is 0 Å². The van der Waals surface area contributed by atoms with E-state index in [-0.39, 0.29) is 29.4 Å². The third-order valence-electron chi connectivity index (χ3n) is 6.98. The number of anilines is 1. The van der Waals surface area contributed by atoms with Crippen LogP contribution in [0, 0.1) is 11.3 Å². The van der Waals surface area contributed by atoms with E-state index in [4.69, 9.17) is 30.8 Å². The second-order valence-electron chi connectivity index (χ2n) is 11.1. The van der Waals surface area contributed by atoms with Gasteiger partial charge in [0, 0.05) is 12.4 Å². The van der Waals surface area contributed by atoms with Gasteiger partial charge in [0.25, 0.3) is 5.91 Å². The summed E-state index contributed by atoms with van der Waals surface area (Å²) in [6.07, 6.45) is 4.35. The first-order chi connectivity index (χ1) is 19.9. The summed E-state index contributed by atoms with van der Waals surface area (Å²) < 4.78 is 19.9. The average molecular weight is 609 g/mol. The number of carbonyl (C=O) groups excluding carboxylic acids is 1. The third-order valence-corrected chi connectivity index (χ3v) is 11.8. The molecule has 4 aromatic rings. The molecule has 0 saturated carbocycles. The van der Waals surface area contributed by atoms with Crippen LogP contribution in [0.1, 0.15) is 33.3 Å². The van der Waals surface area contributed by atoms with E-state index in [0.29, 0.717) is 34.0 Å². The number of halogens is 1. The van der Waals surface area contributed by atoms with Gasteiger partial charge in [-0.25, -0.2) is 19.9 Å². The average Bonchev–Trinajstić information content (AvgIpc) is 3.39. The van der Waals surface area contributed by atoms with Gasteiger partial charge in [0.05, 0.1) is 36.1 Å². The van der Waals surface area contributed by atoms with Gasteiger partial charge in [0.2, 0.25) is 12.0 Å². The van der Waals surface area contributed by atoms with E-state index in [1.165, 1.54) is 29.5 Å². The van der Waals surface area contributed by atoms with Crippen molar-refractivity contribution in [3.05, 3.63) is 59.8 Å². The lowest BCUT2D eigenvalue weighted by Crippen LogP contribution is -2.43. The van der Waals surface area contributed by atoms with Crippen molar-refractivity contribution in [1.29, 1.82) is 5.26 Å². The summed E-state index contributed by atoms with van der Waals surface area (Å²) in [6.45, 7) is 13.0. The van der Waals surface area contributed by atoms with Gasteiger partial charge < -0.3 is 19.2 Å². The number of fused-ring (bicyclic) bond motifs is 1. The highest BCUT2D eigenvalue weighted by atomic mass is 35.5. The maximum absolute atomic E-state index is 13.4. The van der Waals surface area contributed by atoms with Crippen LogP contribution in [0.25, 0.3) is 16.9 Å². The van der Waals surface area contributed by atoms with E-state index >= 15 is 0 Å². The molecular weight excluding hydrogens is 576 g/mol. The predicted molar refractivity (Wildman–Crippen MR) is 160 cm³/mol. The second-order valence-corrected chi connectivity index (χ2v) is 16.4. The SMILES string of the molecule is CC(CO[Si](C)(C)C(C)(C)C)OC[C@H](Oc1ncnc2c1cnn2-c1ncccc1Cl)C(=O)Nc1ccc(C#N)cn1. The van der Waals surface area contributed by atoms with Gasteiger partial charge in [-0.3, -0.25) is 4.79 Å². The molecule has 0 spiro atoms. The summed E-state index contributed by atoms with van der Waals surface area (Å²) >= 11 is 6.33. The Balaban J connectivity index is 1.56. The largest absolute Gasteiger partial charge is 0.461 e. The van der Waals surface area contributed by atoms with Crippen LogP contribution in [0.15, 0.2) is 49.2 Å². The Hall–Kier alpha value is -3.96. The molecule has 1 unspecified atom stereocenters. The van der Waals surface area contributed by atoms with Gasteiger partial charge in [-0.1, -0.05) is 32.4 Å². The molecule has 1 N–H and O–H groups in total. The highest BCUT2D eigenvalue weighted by molar-refractivity contribution is 6.74. The van der Waals surface area contributed by atoms with Crippen molar-refractivity contribution in [2.45, 2.75) is 58.0 Å². The summed E-state index contributed by atoms with van der Waals surface area (Å²) in [4.78, 5) is 30.4. The second kappa shape index (κ2) is 12.9. The number of hydrogen-bond donors (Lipinski definition) is 1. The Morgan fingerprint density at radius 2 is 1.93 bits per heavy atom. The Morgan fingerprint density at radius 1 is 1.14 bits per heavy atom. The summed E-state index contributed by atoms with van der Waals surface area (Å²) in [6, 6.07) is 8.50. The minimum Gasteiger partial charge on any atom is -0.461 e. The molecule has 0 saturated heterocycles. The monoisotopic (exact) mass is 608 g/mol. The van der Waals surface area contributed by atoms with Crippen LogP contribution >= 0.6 is 11.6 Å². The van der Waals surface area contributed by atoms with E-state index in [1.807, 2.05) is 13.0 Å². The van der Waals surface area contributed by atoms with Gasteiger partial charge in [0.1, 0.15) is 23.6 Å². The summed E-state index contributed by atoms with van der Waals surface area (Å²) in [5.74, 6) is 0.253. The Bertz CT molecular complexity index is 1580. The highest BCUT2D eigenvalue weighted by Crippen LogP contribution is 2.36. The van der Waals surface area contributed by atoms with E-state index < -0.39 is 20.3 Å². The first kappa shape index (κ1) is 31.0. The van der Waals surface area contributed by atoms with E-state index in [1.54, 1.807) is 24.4 Å². The lowest BCUT2D eigenvalue weighted by molar-refractivity contribution is -0.127. The third kappa shape index (κ3) is 7.26. The first-order valence-electron chi connectivity index (χ1n) is 13.3. The number of pyridine rings is 2. The smallest absolute Gasteiger partial charge is 0.269 e. The zero-order valence-electron chi connectivity index (χ0n) is 24.3. The van der Waals surface area contributed by atoms with E-state index in [2.05, 4.69) is 64.2 Å². The minimum atomic E-state index is -1.99. The molecule has 0 aliphatic heterocycles. The van der Waals surface area contributed by atoms with Gasteiger partial charge in [0.15, 0.2) is 19.8 Å². The fraction of sp³-hybridized carbons (Fsp3) is 0.393. The number of rotatable bonds is 11. The Labute approximate surface area is 250 Å². The summed E-state index contributed by atoms with van der Waals surface area (Å²) in [7, 11) is -1.99. The van der Waals surface area contributed by atoms with Crippen molar-refractivity contribution >= 4 is 42.7 Å². The quantitative estimate of drug-likeness (QED) is 0.232. The Morgan fingerprint density at radius 3 is 2.60 bits per heavy atom. The van der Waals surface area contributed by atoms with Crippen molar-refractivity contribution in [3.63, 3.8) is 0 Å². The van der Waals surface area contributed by atoms with Crippen LogP contribution in [-0.2, 0) is 14.0 Å². The van der Waals surface area contributed by atoms with Gasteiger partial charge in [-0.05, 0) is 49.3 Å². The minimum absolute atomic E-state index is 0.0503. The molecule has 220 valence electrons. The lowest BCUT2D eigenvalue weighted by Gasteiger charge is -2.37. The molecule has 0 radical (unpaired) electrons. The van der Waals surface area contributed by atoms with Crippen LogP contribution < -0.4 is 10.1 Å². The fourth-order valence-corrected chi connectivity index (χ4v) is 4.77. The molecule has 1 amide bonds. The van der Waals surface area contributed by atoms with Gasteiger partial charge in [-0.15, -0.1) is 0 Å². The van der Waals surface area contributed by atoms with Crippen molar-refractivity contribution in [2.24, 2.45) is 0 Å². The van der Waals surface area contributed by atoms with Crippen molar-refractivity contribution in [1.82, 2.24) is 29.7 Å². The van der Waals surface area contributed by atoms with Crippen LogP contribution in [-0.4, -0.2) is 69.4 Å². The number of nitrogens with one attached hydrogen (secondary N) is 1. The molecule has 12 nitrogen and oxygen atoms in total. The molecule has 0 fully saturated rings. The normalized spacial score (nSPS) is 13.4. The number of carbonyl (C=O) groups is 1. The standard InChI is InChI=1S/C28H33ClN8O4Si/c1-18(15-40-42(5,6)28(2,3)4)39-16-22(26(38)36-23-10-9-19(12-30)13-32-23)41-27-20-14-35-37(24(20)33-17-34-27)25-21(29)8-7-11-31-25/h7-11,13-14,17-18,22H,15-16H2,1-6H3,(H,32,36,38)/t18?,22-/m0/s1. The molecule has 0 bridgehead atoms. The molecule has 0 aliphatic rings. The zero-order valence-corrected chi connectivity index (χ0v) is 26.1. The van der Waals surface area contributed by atoms with Crippen LogP contribution in [0.5, 0.6) is 5.88 Å². The number of nitrogens with zero attached hydrogens (tertiary/aromatic N) is 7. The fourth-order valence-electron chi connectivity index (χ4n) is 3.49. The van der Waals surface area contributed by atoms with Crippen LogP contribution in [0.2, 0.25) is 23.2 Å². The number of amides is 1. The number of hydrogen-bond acceptors (Lipinski definition) is 10. The molecule has 2 atom stereocenters. The summed E-state index contributed by atoms with van der Waals surface area (Å²) in [5, 5.41) is 17.0. The molecular formula is C28H33ClN8O4Si. The summed E-state index contributed by atoms with van der Waals surface area (Å²) in [5.41, 5.74) is 0.763. The highest BCUT2D eigenvalue weighted by Gasteiger charge is 2.37. The number of ether oxygens (including phenoxy) is 2. The lowest BCUT2D eigenvalue weighted by atomic mass is 10.2. The molecule has 42 heavy (non-hydrogen) atoms. The van der Waals surface area contributed by atoms with Crippen LogP contribution in [0.3, 0.4) is 0 Å². The zero-order chi connectivity index (χ0) is 30.5. The molecule has 4 rings (SSSR count). The van der Waals surface area contributed by atoms with Crippen molar-refractivity contribution < 1.29 is 18.7 Å².